The van der Waals surface area contributed by atoms with Gasteiger partial charge in [-0.1, -0.05) is 0 Å². The lowest BCUT2D eigenvalue weighted by atomic mass is 9.53. The van der Waals surface area contributed by atoms with Gasteiger partial charge in [0.25, 0.3) is 0 Å². The van der Waals surface area contributed by atoms with E-state index in [1.807, 2.05) is 0 Å². The molecule has 0 spiro atoms. The molecule has 4 fully saturated rings. The summed E-state index contributed by atoms with van der Waals surface area (Å²) in [6.45, 7) is 0. The zero-order chi connectivity index (χ0) is 15.3. The Morgan fingerprint density at radius 3 is 2.48 bits per heavy atom. The van der Waals surface area contributed by atoms with Crippen LogP contribution in [0.15, 0.2) is 0 Å². The summed E-state index contributed by atoms with van der Waals surface area (Å²) in [6, 6.07) is 0. The van der Waals surface area contributed by atoms with Gasteiger partial charge in [-0.05, 0) is 38.0 Å². The van der Waals surface area contributed by atoms with E-state index in [4.69, 9.17) is 4.74 Å². The van der Waals surface area contributed by atoms with E-state index in [1.54, 1.807) is 0 Å². The maximum absolute atomic E-state index is 13.4. The van der Waals surface area contributed by atoms with E-state index in [2.05, 4.69) is 9.37 Å². The van der Waals surface area contributed by atoms with Crippen LogP contribution in [0, 0.1) is 17.8 Å². The molecule has 4 rings (SSSR count). The number of halogens is 2. The van der Waals surface area contributed by atoms with E-state index in [1.165, 1.54) is 0 Å². The second-order valence-electron chi connectivity index (χ2n) is 6.05. The molecule has 0 amide bonds. The Bertz CT molecular complexity index is 453. The maximum atomic E-state index is 13.4. The molecule has 2 atom stereocenters. The molecule has 4 bridgehead atoms. The van der Waals surface area contributed by atoms with Crippen molar-refractivity contribution in [3.8, 4) is 0 Å². The van der Waals surface area contributed by atoms with Crippen LogP contribution in [0.5, 0.6) is 0 Å². The van der Waals surface area contributed by atoms with Gasteiger partial charge in [-0.25, -0.2) is 4.79 Å². The summed E-state index contributed by atoms with van der Waals surface area (Å²) < 4.78 is 35.5. The second-order valence-corrected chi connectivity index (χ2v) is 6.87. The van der Waals surface area contributed by atoms with Gasteiger partial charge in [-0.3, -0.25) is 9.83 Å². The smallest absolute Gasteiger partial charge is 0.415 e. The van der Waals surface area contributed by atoms with Gasteiger partial charge in [0.1, 0.15) is 23.4 Å². The molecular formula is C12H13F2O6S-. The lowest BCUT2D eigenvalue weighted by Gasteiger charge is -2.54. The number of ketones is 1. The third kappa shape index (κ3) is 2.67. The first kappa shape index (κ1) is 15.1. The van der Waals surface area contributed by atoms with E-state index in [-0.39, 0.29) is 23.5 Å². The highest BCUT2D eigenvalue weighted by atomic mass is 32.2. The topological polar surface area (TPSA) is 84.9 Å². The van der Waals surface area contributed by atoms with Crippen LogP contribution >= 0.6 is 12.0 Å². The molecule has 118 valence electrons. The molecule has 0 N–H and O–H groups in total. The van der Waals surface area contributed by atoms with Crippen molar-refractivity contribution in [3.63, 3.8) is 0 Å². The van der Waals surface area contributed by atoms with Crippen LogP contribution in [0.4, 0.5) is 8.78 Å². The Morgan fingerprint density at radius 2 is 1.90 bits per heavy atom. The number of ether oxygens (including phenoxy) is 1. The third-order valence-electron chi connectivity index (χ3n) is 4.65. The minimum absolute atomic E-state index is 0.168. The molecule has 21 heavy (non-hydrogen) atoms. The summed E-state index contributed by atoms with van der Waals surface area (Å²) >= 11 is -0.694. The summed E-state index contributed by atoms with van der Waals surface area (Å²) in [5.41, 5.74) is -0.982. The monoisotopic (exact) mass is 323 g/mol. The van der Waals surface area contributed by atoms with Crippen molar-refractivity contribution < 1.29 is 37.7 Å². The fourth-order valence-electron chi connectivity index (χ4n) is 4.15. The molecule has 4 saturated carbocycles. The van der Waals surface area contributed by atoms with E-state index >= 15 is 0 Å². The molecule has 4 aliphatic carbocycles. The van der Waals surface area contributed by atoms with Gasteiger partial charge in [0.05, 0.1) is 0 Å². The highest BCUT2D eigenvalue weighted by Crippen LogP contribution is 2.56. The first-order valence-corrected chi connectivity index (χ1v) is 7.39. The first-order chi connectivity index (χ1) is 9.85. The van der Waals surface area contributed by atoms with Crippen molar-refractivity contribution in [2.24, 2.45) is 17.8 Å². The Hall–Kier alpha value is -0.770. The van der Waals surface area contributed by atoms with Crippen molar-refractivity contribution in [1.82, 2.24) is 0 Å². The van der Waals surface area contributed by atoms with Crippen molar-refractivity contribution >= 4 is 23.8 Å². The molecule has 0 aromatic carbocycles. The Morgan fingerprint density at radius 1 is 1.29 bits per heavy atom. The summed E-state index contributed by atoms with van der Waals surface area (Å²) in [5, 5.41) is 8.37. The van der Waals surface area contributed by atoms with E-state index < -0.39 is 28.9 Å². The molecule has 6 nitrogen and oxygen atoms in total. The SMILES string of the molecule is O=C1C2CC3CC1CC(OC(=O)C(F)(F)SOO[O-])(C3)C2. The van der Waals surface area contributed by atoms with Gasteiger partial charge in [-0.15, -0.1) is 0 Å². The zero-order valence-corrected chi connectivity index (χ0v) is 11.7. The van der Waals surface area contributed by atoms with Gasteiger partial charge >= 0.3 is 11.2 Å². The average molecular weight is 323 g/mol. The van der Waals surface area contributed by atoms with E-state index in [0.29, 0.717) is 19.3 Å². The summed E-state index contributed by atoms with van der Waals surface area (Å²) in [5.74, 6) is -1.73. The van der Waals surface area contributed by atoms with Crippen LogP contribution in [0.1, 0.15) is 32.1 Å². The number of carbonyl (C=O) groups excluding carboxylic acids is 2. The normalized spacial score (nSPS) is 37.9. The minimum atomic E-state index is -4.03. The summed E-state index contributed by atoms with van der Waals surface area (Å²) in [4.78, 5) is 23.6. The first-order valence-electron chi connectivity index (χ1n) is 6.64. The zero-order valence-electron chi connectivity index (χ0n) is 10.9. The van der Waals surface area contributed by atoms with Gasteiger partial charge < -0.3 is 9.99 Å². The second kappa shape index (κ2) is 5.15. The lowest BCUT2D eigenvalue weighted by Crippen LogP contribution is -2.57. The molecule has 0 saturated heterocycles. The molecule has 0 heterocycles. The van der Waals surface area contributed by atoms with Crippen molar-refractivity contribution in [2.45, 2.75) is 43.0 Å². The Kier molecular flexibility index (Phi) is 3.71. The quantitative estimate of drug-likeness (QED) is 0.325. The largest absolute Gasteiger partial charge is 0.691 e. The fraction of sp³-hybridized carbons (Fsp3) is 0.833. The van der Waals surface area contributed by atoms with Gasteiger partial charge in [0.2, 0.25) is 0 Å². The Labute approximate surface area is 123 Å². The molecule has 0 aliphatic heterocycles. The van der Waals surface area contributed by atoms with Gasteiger partial charge in [0, 0.05) is 11.8 Å². The van der Waals surface area contributed by atoms with Gasteiger partial charge in [0.15, 0.2) is 0 Å². The highest BCUT2D eigenvalue weighted by Gasteiger charge is 2.59. The number of rotatable bonds is 5. The van der Waals surface area contributed by atoms with Crippen molar-refractivity contribution in [1.29, 1.82) is 0 Å². The minimum Gasteiger partial charge on any atom is -0.691 e. The number of hydrogen-bond acceptors (Lipinski definition) is 7. The number of carbonyl (C=O) groups is 2. The Balaban J connectivity index is 1.70. The molecule has 4 aliphatic rings. The average Bonchev–Trinajstić information content (AvgIpc) is 2.41. The van der Waals surface area contributed by atoms with E-state index in [9.17, 15) is 23.6 Å². The predicted molar refractivity (Wildman–Crippen MR) is 62.1 cm³/mol. The standard InChI is InChI=1S/C12H14F2O6S/c13-12(14,21-20-19-17)10(16)18-11-3-6-1-7(4-11)9(15)8(2-6)5-11/h6-8,17H,1-5H2/p-1. The van der Waals surface area contributed by atoms with E-state index in [0.717, 1.165) is 12.8 Å². The molecule has 2 unspecified atom stereocenters. The van der Waals surface area contributed by atoms with Crippen LogP contribution < -0.4 is 5.26 Å². The van der Waals surface area contributed by atoms with Crippen LogP contribution in [-0.2, 0) is 23.7 Å². The molecule has 0 radical (unpaired) electrons. The van der Waals surface area contributed by atoms with Crippen LogP contribution in [0.2, 0.25) is 0 Å². The third-order valence-corrected chi connectivity index (χ3v) is 5.15. The van der Waals surface area contributed by atoms with Crippen molar-refractivity contribution in [2.75, 3.05) is 0 Å². The molecular weight excluding hydrogens is 310 g/mol. The highest BCUT2D eigenvalue weighted by molar-refractivity contribution is 7.96. The fourth-order valence-corrected chi connectivity index (χ4v) is 4.37. The van der Waals surface area contributed by atoms with Gasteiger partial charge in [-0.2, -0.15) is 13.1 Å². The summed E-state index contributed by atoms with van der Waals surface area (Å²) in [6.07, 6.45) is 2.65. The predicted octanol–water partition coefficient (Wildman–Crippen LogP) is 1.14. The van der Waals surface area contributed by atoms with Crippen LogP contribution in [0.3, 0.4) is 0 Å². The molecule has 0 aromatic heterocycles. The summed E-state index contributed by atoms with van der Waals surface area (Å²) in [7, 11) is 0. The number of hydrogen-bond donors (Lipinski definition) is 0. The molecule has 0 aromatic rings. The lowest BCUT2D eigenvalue weighted by molar-refractivity contribution is -0.777. The number of alkyl halides is 2. The number of esters is 1. The maximum Gasteiger partial charge on any atom is 0.415 e. The molecule has 9 heteroatoms. The van der Waals surface area contributed by atoms with Crippen molar-refractivity contribution in [3.05, 3.63) is 0 Å². The van der Waals surface area contributed by atoms with Crippen LogP contribution in [-0.4, -0.2) is 22.6 Å². The van der Waals surface area contributed by atoms with Crippen LogP contribution in [0.25, 0.3) is 0 Å². The number of Topliss-reactive ketones (excluding diaryl/α,β-unsaturated/α-hetero) is 1.